The molecule has 7 heteroatoms. The van der Waals surface area contributed by atoms with Gasteiger partial charge in [-0.3, -0.25) is 0 Å². The number of amides is 2. The maximum Gasteiger partial charge on any atom is 0.318 e. The van der Waals surface area contributed by atoms with Crippen LogP contribution in [0.3, 0.4) is 0 Å². The number of hydrogen-bond acceptors (Lipinski definition) is 5. The second kappa shape index (κ2) is 7.75. The van der Waals surface area contributed by atoms with E-state index >= 15 is 0 Å². The van der Waals surface area contributed by atoms with Gasteiger partial charge in [-0.25, -0.2) is 9.78 Å². The van der Waals surface area contributed by atoms with Crippen LogP contribution in [-0.4, -0.2) is 54.8 Å². The normalized spacial score (nSPS) is 10.1. The number of rotatable bonds is 7. The second-order valence-electron chi connectivity index (χ2n) is 4.13. The smallest absolute Gasteiger partial charge is 0.318 e. The predicted octanol–water partition coefficient (Wildman–Crippen LogP) is 0.899. The van der Waals surface area contributed by atoms with Crippen molar-refractivity contribution in [1.29, 1.82) is 0 Å². The van der Waals surface area contributed by atoms with Crippen LogP contribution in [0.15, 0.2) is 18.0 Å². The second-order valence-corrected chi connectivity index (χ2v) is 4.97. The summed E-state index contributed by atoms with van der Waals surface area (Å²) < 4.78 is 0. The molecule has 2 amide bonds. The number of aliphatic hydroxyl groups is 1. The van der Waals surface area contributed by atoms with Crippen LogP contribution in [0.5, 0.6) is 0 Å². The van der Waals surface area contributed by atoms with Crippen LogP contribution in [0.4, 0.5) is 9.93 Å². The minimum Gasteiger partial charge on any atom is -0.395 e. The lowest BCUT2D eigenvalue weighted by Gasteiger charge is -2.20. The summed E-state index contributed by atoms with van der Waals surface area (Å²) in [4.78, 5) is 19.6. The fourth-order valence-electron chi connectivity index (χ4n) is 1.41. The zero-order valence-corrected chi connectivity index (χ0v) is 12.1. The van der Waals surface area contributed by atoms with Gasteiger partial charge in [-0.1, -0.05) is 6.08 Å². The van der Waals surface area contributed by atoms with Gasteiger partial charge in [0.25, 0.3) is 0 Å². The first-order valence-corrected chi connectivity index (χ1v) is 6.82. The molecule has 19 heavy (non-hydrogen) atoms. The standard InChI is InChI=1S/C12H20N4O2S/c1-4-5-16(6-7-17)11(18)13-8-10-9-19-12(14-10)15(2)3/h4,9,17H,1,5-8H2,2-3H3,(H,13,18). The quantitative estimate of drug-likeness (QED) is 0.730. The topological polar surface area (TPSA) is 68.7 Å². The summed E-state index contributed by atoms with van der Waals surface area (Å²) in [6.45, 7) is 4.60. The van der Waals surface area contributed by atoms with E-state index in [0.717, 1.165) is 10.8 Å². The van der Waals surface area contributed by atoms with Gasteiger partial charge in [0.1, 0.15) is 0 Å². The molecule has 0 bridgehead atoms. The number of urea groups is 1. The molecular weight excluding hydrogens is 264 g/mol. The molecule has 6 nitrogen and oxygen atoms in total. The third-order valence-electron chi connectivity index (χ3n) is 2.35. The molecule has 2 N–H and O–H groups in total. The Bertz CT molecular complexity index is 420. The number of aliphatic hydroxyl groups excluding tert-OH is 1. The third-order valence-corrected chi connectivity index (χ3v) is 3.41. The zero-order chi connectivity index (χ0) is 14.3. The molecule has 0 radical (unpaired) electrons. The molecule has 0 saturated heterocycles. The molecule has 1 rings (SSSR count). The number of hydrogen-bond donors (Lipinski definition) is 2. The maximum atomic E-state index is 11.9. The summed E-state index contributed by atoms with van der Waals surface area (Å²) in [5.74, 6) is 0. The van der Waals surface area contributed by atoms with Gasteiger partial charge in [0.05, 0.1) is 18.8 Å². The fourth-order valence-corrected chi connectivity index (χ4v) is 2.17. The maximum absolute atomic E-state index is 11.9. The Balaban J connectivity index is 2.49. The van der Waals surface area contributed by atoms with Crippen molar-refractivity contribution in [3.8, 4) is 0 Å². The number of thiazole rings is 1. The van der Waals surface area contributed by atoms with Gasteiger partial charge < -0.3 is 20.2 Å². The van der Waals surface area contributed by atoms with Gasteiger partial charge in [-0.05, 0) is 0 Å². The molecule has 1 aromatic rings. The van der Waals surface area contributed by atoms with E-state index in [1.165, 1.54) is 16.2 Å². The van der Waals surface area contributed by atoms with E-state index in [2.05, 4.69) is 16.9 Å². The zero-order valence-electron chi connectivity index (χ0n) is 11.3. The molecular formula is C12H20N4O2S. The third kappa shape index (κ3) is 4.88. The first-order chi connectivity index (χ1) is 9.08. The molecule has 0 atom stereocenters. The van der Waals surface area contributed by atoms with E-state index in [1.54, 1.807) is 6.08 Å². The highest BCUT2D eigenvalue weighted by molar-refractivity contribution is 7.13. The van der Waals surface area contributed by atoms with Crippen molar-refractivity contribution in [3.05, 3.63) is 23.7 Å². The Morgan fingerprint density at radius 2 is 2.37 bits per heavy atom. The minimum atomic E-state index is -0.228. The average Bonchev–Trinajstić information content (AvgIpc) is 2.84. The Hall–Kier alpha value is -1.60. The van der Waals surface area contributed by atoms with Crippen LogP contribution in [0.2, 0.25) is 0 Å². The molecule has 0 aromatic carbocycles. The SMILES string of the molecule is C=CCN(CCO)C(=O)NCc1csc(N(C)C)n1. The van der Waals surface area contributed by atoms with Gasteiger partial charge in [-0.2, -0.15) is 0 Å². The summed E-state index contributed by atoms with van der Waals surface area (Å²) in [5.41, 5.74) is 0.824. The van der Waals surface area contributed by atoms with Crippen molar-refractivity contribution < 1.29 is 9.90 Å². The predicted molar refractivity (Wildman–Crippen MR) is 77.5 cm³/mol. The summed E-state index contributed by atoms with van der Waals surface area (Å²) in [6.07, 6.45) is 1.63. The Morgan fingerprint density at radius 3 is 2.89 bits per heavy atom. The summed E-state index contributed by atoms with van der Waals surface area (Å²) >= 11 is 1.53. The fraction of sp³-hybridized carbons (Fsp3) is 0.500. The van der Waals surface area contributed by atoms with E-state index in [9.17, 15) is 4.79 Å². The van der Waals surface area contributed by atoms with Gasteiger partial charge in [-0.15, -0.1) is 17.9 Å². The van der Waals surface area contributed by atoms with Crippen molar-refractivity contribution in [2.24, 2.45) is 0 Å². The van der Waals surface area contributed by atoms with E-state index in [-0.39, 0.29) is 19.2 Å². The van der Waals surface area contributed by atoms with Crippen molar-refractivity contribution in [2.45, 2.75) is 6.54 Å². The average molecular weight is 284 g/mol. The highest BCUT2D eigenvalue weighted by Gasteiger charge is 2.11. The van der Waals surface area contributed by atoms with Crippen LogP contribution in [0, 0.1) is 0 Å². The summed E-state index contributed by atoms with van der Waals surface area (Å²) in [6, 6.07) is -0.228. The molecule has 0 fully saturated rings. The van der Waals surface area contributed by atoms with Crippen LogP contribution in [0.1, 0.15) is 5.69 Å². The molecule has 0 aliphatic carbocycles. The monoisotopic (exact) mass is 284 g/mol. The van der Waals surface area contributed by atoms with Crippen molar-refractivity contribution in [3.63, 3.8) is 0 Å². The highest BCUT2D eigenvalue weighted by Crippen LogP contribution is 2.17. The Kier molecular flexibility index (Phi) is 6.31. The van der Waals surface area contributed by atoms with Crippen molar-refractivity contribution in [1.82, 2.24) is 15.2 Å². The number of carbonyl (C=O) groups excluding carboxylic acids is 1. The van der Waals surface area contributed by atoms with E-state index in [0.29, 0.717) is 13.1 Å². The van der Waals surface area contributed by atoms with Crippen molar-refractivity contribution >= 4 is 22.5 Å². The van der Waals surface area contributed by atoms with Gasteiger partial charge in [0, 0.05) is 32.6 Å². The van der Waals surface area contributed by atoms with E-state index < -0.39 is 0 Å². The summed E-state index contributed by atoms with van der Waals surface area (Å²) in [7, 11) is 3.85. The van der Waals surface area contributed by atoms with Crippen molar-refractivity contribution in [2.75, 3.05) is 38.7 Å². The molecule has 0 spiro atoms. The number of carbonyl (C=O) groups is 1. The lowest BCUT2D eigenvalue weighted by molar-refractivity contribution is 0.183. The number of aromatic nitrogens is 1. The first-order valence-electron chi connectivity index (χ1n) is 5.94. The lowest BCUT2D eigenvalue weighted by Crippen LogP contribution is -2.41. The minimum absolute atomic E-state index is 0.0667. The van der Waals surface area contributed by atoms with E-state index in [1.807, 2.05) is 24.4 Å². The highest BCUT2D eigenvalue weighted by atomic mass is 32.1. The molecule has 0 saturated carbocycles. The lowest BCUT2D eigenvalue weighted by atomic mass is 10.4. The Labute approximate surface area is 117 Å². The number of nitrogens with one attached hydrogen (secondary N) is 1. The summed E-state index contributed by atoms with van der Waals surface area (Å²) in [5, 5.41) is 14.5. The van der Waals surface area contributed by atoms with Gasteiger partial charge in [0.15, 0.2) is 5.13 Å². The molecule has 0 aliphatic heterocycles. The number of nitrogens with zero attached hydrogens (tertiary/aromatic N) is 3. The molecule has 1 heterocycles. The van der Waals surface area contributed by atoms with E-state index in [4.69, 9.17) is 5.11 Å². The van der Waals surface area contributed by atoms with Gasteiger partial charge >= 0.3 is 6.03 Å². The van der Waals surface area contributed by atoms with Crippen LogP contribution >= 0.6 is 11.3 Å². The molecule has 1 aromatic heterocycles. The van der Waals surface area contributed by atoms with Crippen LogP contribution in [-0.2, 0) is 6.54 Å². The van der Waals surface area contributed by atoms with Gasteiger partial charge in [0.2, 0.25) is 0 Å². The molecule has 0 aliphatic rings. The molecule has 0 unspecified atom stereocenters. The Morgan fingerprint density at radius 1 is 1.63 bits per heavy atom. The largest absolute Gasteiger partial charge is 0.395 e. The van der Waals surface area contributed by atoms with Crippen LogP contribution in [0.25, 0.3) is 0 Å². The number of anilines is 1. The first kappa shape index (κ1) is 15.5. The van der Waals surface area contributed by atoms with Crippen LogP contribution < -0.4 is 10.2 Å². The molecule has 106 valence electrons.